The molecular formula is C13H22N2O5S. The molecule has 1 saturated heterocycles. The van der Waals surface area contributed by atoms with E-state index in [1.54, 1.807) is 6.92 Å². The van der Waals surface area contributed by atoms with Crippen molar-refractivity contribution in [1.82, 2.24) is 10.6 Å². The number of hydrogen-bond acceptors (Lipinski definition) is 4. The zero-order valence-corrected chi connectivity index (χ0v) is 12.9. The molecule has 1 heterocycles. The van der Waals surface area contributed by atoms with Crippen molar-refractivity contribution < 1.29 is 23.1 Å². The Bertz CT molecular complexity index is 519. The molecule has 0 aromatic carbocycles. The Morgan fingerprint density at radius 1 is 1.14 bits per heavy atom. The lowest BCUT2D eigenvalue weighted by Gasteiger charge is -2.29. The van der Waals surface area contributed by atoms with Gasteiger partial charge in [0.2, 0.25) is 0 Å². The fraction of sp³-hybridized carbons (Fsp3) is 0.846. The predicted octanol–water partition coefficient (Wildman–Crippen LogP) is 0.506. The molecule has 1 aliphatic heterocycles. The molecule has 0 aromatic rings. The second-order valence-corrected chi connectivity index (χ2v) is 8.51. The molecule has 3 N–H and O–H groups in total. The van der Waals surface area contributed by atoms with E-state index in [4.69, 9.17) is 0 Å². The van der Waals surface area contributed by atoms with Crippen LogP contribution in [0.4, 0.5) is 4.79 Å². The van der Waals surface area contributed by atoms with Crippen molar-refractivity contribution in [3.05, 3.63) is 0 Å². The van der Waals surface area contributed by atoms with Crippen LogP contribution in [-0.4, -0.2) is 49.1 Å². The topological polar surface area (TPSA) is 113 Å². The SMILES string of the molecule is CC1(C(=O)O)CCCC1NC(=O)NC1CCS(=O)(=O)CC1. The largest absolute Gasteiger partial charge is 0.481 e. The van der Waals surface area contributed by atoms with E-state index in [9.17, 15) is 23.1 Å². The number of nitrogens with one attached hydrogen (secondary N) is 2. The van der Waals surface area contributed by atoms with Gasteiger partial charge in [-0.3, -0.25) is 4.79 Å². The molecule has 0 radical (unpaired) electrons. The lowest BCUT2D eigenvalue weighted by molar-refractivity contribution is -0.148. The van der Waals surface area contributed by atoms with E-state index in [-0.39, 0.29) is 23.6 Å². The Balaban J connectivity index is 1.86. The van der Waals surface area contributed by atoms with Gasteiger partial charge in [-0.15, -0.1) is 0 Å². The van der Waals surface area contributed by atoms with E-state index in [0.717, 1.165) is 6.42 Å². The molecule has 8 heteroatoms. The van der Waals surface area contributed by atoms with Crippen molar-refractivity contribution in [2.75, 3.05) is 11.5 Å². The van der Waals surface area contributed by atoms with Crippen LogP contribution < -0.4 is 10.6 Å². The van der Waals surface area contributed by atoms with Gasteiger partial charge >= 0.3 is 12.0 Å². The van der Waals surface area contributed by atoms with Crippen molar-refractivity contribution in [2.45, 2.75) is 51.1 Å². The van der Waals surface area contributed by atoms with E-state index in [1.807, 2.05) is 0 Å². The van der Waals surface area contributed by atoms with Crippen molar-refractivity contribution >= 4 is 21.8 Å². The summed E-state index contributed by atoms with van der Waals surface area (Å²) in [6.07, 6.45) is 2.80. The summed E-state index contributed by atoms with van der Waals surface area (Å²) in [7, 11) is -2.95. The van der Waals surface area contributed by atoms with Gasteiger partial charge in [-0.25, -0.2) is 13.2 Å². The first-order valence-electron chi connectivity index (χ1n) is 7.24. The van der Waals surface area contributed by atoms with Crippen LogP contribution in [0.1, 0.15) is 39.0 Å². The Hall–Kier alpha value is -1.31. The maximum Gasteiger partial charge on any atom is 0.315 e. The number of amides is 2. The number of aliphatic carboxylic acids is 1. The number of carbonyl (C=O) groups excluding carboxylic acids is 1. The monoisotopic (exact) mass is 318 g/mol. The first kappa shape index (κ1) is 16.1. The van der Waals surface area contributed by atoms with Gasteiger partial charge in [-0.1, -0.05) is 6.42 Å². The number of carbonyl (C=O) groups is 2. The van der Waals surface area contributed by atoms with Crippen LogP contribution in [0.5, 0.6) is 0 Å². The van der Waals surface area contributed by atoms with Crippen molar-refractivity contribution in [1.29, 1.82) is 0 Å². The molecule has 7 nitrogen and oxygen atoms in total. The molecule has 1 aliphatic carbocycles. The first-order valence-corrected chi connectivity index (χ1v) is 9.06. The summed E-state index contributed by atoms with van der Waals surface area (Å²) in [5.41, 5.74) is -0.923. The molecule has 21 heavy (non-hydrogen) atoms. The molecule has 1 saturated carbocycles. The fourth-order valence-electron chi connectivity index (χ4n) is 3.07. The minimum atomic E-state index is -2.95. The third-order valence-electron chi connectivity index (χ3n) is 4.64. The second kappa shape index (κ2) is 5.82. The average molecular weight is 318 g/mol. The highest BCUT2D eigenvalue weighted by Gasteiger charge is 2.46. The Kier molecular flexibility index (Phi) is 4.46. The maximum absolute atomic E-state index is 12.0. The van der Waals surface area contributed by atoms with Crippen LogP contribution in [0.25, 0.3) is 0 Å². The number of urea groups is 1. The van der Waals surface area contributed by atoms with Crippen molar-refractivity contribution in [3.63, 3.8) is 0 Å². The Morgan fingerprint density at radius 3 is 2.33 bits per heavy atom. The molecule has 0 aromatic heterocycles. The summed E-state index contributed by atoms with van der Waals surface area (Å²) >= 11 is 0. The molecule has 0 spiro atoms. The van der Waals surface area contributed by atoms with Gasteiger partial charge in [-0.2, -0.15) is 0 Å². The normalized spacial score (nSPS) is 32.5. The van der Waals surface area contributed by atoms with E-state index in [2.05, 4.69) is 10.6 Å². The summed E-state index contributed by atoms with van der Waals surface area (Å²) in [6, 6.07) is -0.952. The van der Waals surface area contributed by atoms with Gasteiger partial charge in [0.25, 0.3) is 0 Å². The smallest absolute Gasteiger partial charge is 0.315 e. The predicted molar refractivity (Wildman–Crippen MR) is 76.7 cm³/mol. The third-order valence-corrected chi connectivity index (χ3v) is 6.36. The van der Waals surface area contributed by atoms with Gasteiger partial charge in [0, 0.05) is 12.1 Å². The average Bonchev–Trinajstić information content (AvgIpc) is 2.75. The second-order valence-electron chi connectivity index (χ2n) is 6.21. The zero-order chi connectivity index (χ0) is 15.7. The number of sulfone groups is 1. The van der Waals surface area contributed by atoms with Crippen molar-refractivity contribution in [3.8, 4) is 0 Å². The molecule has 2 rings (SSSR count). The quantitative estimate of drug-likeness (QED) is 0.701. The van der Waals surface area contributed by atoms with E-state index >= 15 is 0 Å². The van der Waals surface area contributed by atoms with E-state index in [1.165, 1.54) is 0 Å². The molecule has 2 aliphatic rings. The van der Waals surface area contributed by atoms with Crippen LogP contribution in [0.3, 0.4) is 0 Å². The summed E-state index contributed by atoms with van der Waals surface area (Å²) in [6.45, 7) is 1.65. The fourth-order valence-corrected chi connectivity index (χ4v) is 4.56. The third kappa shape index (κ3) is 3.66. The van der Waals surface area contributed by atoms with Crippen LogP contribution >= 0.6 is 0 Å². The zero-order valence-electron chi connectivity index (χ0n) is 12.1. The summed E-state index contributed by atoms with van der Waals surface area (Å²) in [4.78, 5) is 23.3. The van der Waals surface area contributed by atoms with Gasteiger partial charge in [0.05, 0.1) is 16.9 Å². The molecular weight excluding hydrogens is 296 g/mol. The number of carboxylic acids is 1. The van der Waals surface area contributed by atoms with E-state index < -0.39 is 27.3 Å². The van der Waals surface area contributed by atoms with Crippen LogP contribution in [0.15, 0.2) is 0 Å². The Labute approximate surface area is 124 Å². The number of rotatable bonds is 3. The number of hydrogen-bond donors (Lipinski definition) is 3. The van der Waals surface area contributed by atoms with Crippen LogP contribution in [-0.2, 0) is 14.6 Å². The molecule has 0 bridgehead atoms. The van der Waals surface area contributed by atoms with Crippen LogP contribution in [0.2, 0.25) is 0 Å². The lowest BCUT2D eigenvalue weighted by Crippen LogP contribution is -2.53. The van der Waals surface area contributed by atoms with Gasteiger partial charge < -0.3 is 15.7 Å². The molecule has 2 unspecified atom stereocenters. The molecule has 120 valence electrons. The first-order chi connectivity index (χ1) is 9.73. The van der Waals surface area contributed by atoms with Gasteiger partial charge in [0.15, 0.2) is 0 Å². The lowest BCUT2D eigenvalue weighted by atomic mass is 9.85. The Morgan fingerprint density at radius 2 is 1.76 bits per heavy atom. The van der Waals surface area contributed by atoms with Crippen LogP contribution in [0, 0.1) is 5.41 Å². The van der Waals surface area contributed by atoms with Gasteiger partial charge in [0.1, 0.15) is 9.84 Å². The molecule has 2 amide bonds. The highest BCUT2D eigenvalue weighted by molar-refractivity contribution is 7.91. The minimum Gasteiger partial charge on any atom is -0.481 e. The number of carboxylic acid groups (broad SMARTS) is 1. The highest BCUT2D eigenvalue weighted by atomic mass is 32.2. The standard InChI is InChI=1S/C13H22N2O5S/c1-13(11(16)17)6-2-3-10(13)15-12(18)14-9-4-7-21(19,20)8-5-9/h9-10H,2-8H2,1H3,(H,16,17)(H2,14,15,18). The van der Waals surface area contributed by atoms with Crippen molar-refractivity contribution in [2.24, 2.45) is 5.41 Å². The van der Waals surface area contributed by atoms with Gasteiger partial charge in [-0.05, 0) is 32.6 Å². The summed E-state index contributed by atoms with van der Waals surface area (Å²) < 4.78 is 22.7. The summed E-state index contributed by atoms with van der Waals surface area (Å²) in [5.74, 6) is -0.711. The molecule has 2 fully saturated rings. The van der Waals surface area contributed by atoms with E-state index in [0.29, 0.717) is 25.7 Å². The highest BCUT2D eigenvalue weighted by Crippen LogP contribution is 2.38. The minimum absolute atomic E-state index is 0.0915. The molecule has 2 atom stereocenters. The summed E-state index contributed by atoms with van der Waals surface area (Å²) in [5, 5.41) is 14.8. The maximum atomic E-state index is 12.0.